The third-order valence-electron chi connectivity index (χ3n) is 8.30. The molecule has 182 valence electrons. The van der Waals surface area contributed by atoms with Gasteiger partial charge in [0, 0.05) is 40.9 Å². The Morgan fingerprint density at radius 3 is 2.64 bits per heavy atom. The molecule has 0 radical (unpaired) electrons. The van der Waals surface area contributed by atoms with Crippen LogP contribution in [-0.2, 0) is 16.8 Å². The fourth-order valence-electron chi connectivity index (χ4n) is 6.82. The smallest absolute Gasteiger partial charge is 0.269 e. The summed E-state index contributed by atoms with van der Waals surface area (Å²) in [5.41, 5.74) is 2.81. The molecule has 2 fully saturated rings. The number of fused-ring (bicyclic) bond motifs is 4. The Bertz CT molecular complexity index is 1390. The normalized spacial score (nSPS) is 26.6. The fraction of sp³-hybridized carbons (Fsp3) is 0.310. The average molecular weight is 482 g/mol. The summed E-state index contributed by atoms with van der Waals surface area (Å²) < 4.78 is 0. The number of nitrogens with zero attached hydrogens (tertiary/aromatic N) is 2. The van der Waals surface area contributed by atoms with Crippen LogP contribution in [0.15, 0.2) is 72.8 Å². The predicted octanol–water partition coefficient (Wildman–Crippen LogP) is 5.07. The third kappa shape index (κ3) is 3.09. The van der Waals surface area contributed by atoms with Crippen molar-refractivity contribution in [2.75, 3.05) is 11.9 Å². The van der Waals surface area contributed by atoms with Gasteiger partial charge in [-0.3, -0.25) is 24.6 Å². The lowest BCUT2D eigenvalue weighted by atomic mass is 9.68. The van der Waals surface area contributed by atoms with Gasteiger partial charge in [-0.1, -0.05) is 61.5 Å². The summed E-state index contributed by atoms with van der Waals surface area (Å²) >= 11 is 0. The summed E-state index contributed by atoms with van der Waals surface area (Å²) in [5.74, 6) is -1.37. The minimum absolute atomic E-state index is 0.00670. The van der Waals surface area contributed by atoms with Crippen molar-refractivity contribution in [1.82, 2.24) is 4.90 Å². The maximum atomic E-state index is 14.5. The Labute approximate surface area is 209 Å². The maximum absolute atomic E-state index is 14.5. The van der Waals surface area contributed by atoms with Gasteiger partial charge in [0.25, 0.3) is 5.69 Å². The number of nitro benzene ring substituents is 1. The molecule has 3 aliphatic rings. The van der Waals surface area contributed by atoms with E-state index in [9.17, 15) is 19.7 Å². The lowest BCUT2D eigenvalue weighted by molar-refractivity contribution is -0.384. The topological polar surface area (TPSA) is 92.5 Å². The lowest BCUT2D eigenvalue weighted by Gasteiger charge is -2.36. The molecule has 2 saturated heterocycles. The number of carbonyl (C=O) groups is 2. The van der Waals surface area contributed by atoms with Crippen LogP contribution in [-0.4, -0.2) is 34.1 Å². The molecule has 7 nitrogen and oxygen atoms in total. The van der Waals surface area contributed by atoms with Crippen LogP contribution >= 0.6 is 0 Å². The second-order valence-corrected chi connectivity index (χ2v) is 9.94. The van der Waals surface area contributed by atoms with Crippen LogP contribution < -0.4 is 5.32 Å². The van der Waals surface area contributed by atoms with E-state index in [-0.39, 0.29) is 29.3 Å². The van der Waals surface area contributed by atoms with Crippen LogP contribution in [0.25, 0.3) is 0 Å². The number of amides is 1. The minimum atomic E-state index is -1.16. The first-order valence-electron chi connectivity index (χ1n) is 12.5. The van der Waals surface area contributed by atoms with E-state index in [0.29, 0.717) is 12.1 Å². The van der Waals surface area contributed by atoms with Gasteiger partial charge in [0.1, 0.15) is 5.54 Å². The molecule has 3 aliphatic heterocycles. The highest BCUT2D eigenvalue weighted by Crippen LogP contribution is 2.61. The molecule has 7 heteroatoms. The molecule has 0 aromatic heterocycles. The molecule has 3 aromatic carbocycles. The number of ketones is 1. The van der Waals surface area contributed by atoms with E-state index in [1.165, 1.54) is 6.07 Å². The quantitative estimate of drug-likeness (QED) is 0.312. The number of nitro groups is 1. The number of anilines is 1. The van der Waals surface area contributed by atoms with Crippen molar-refractivity contribution in [2.45, 2.75) is 43.7 Å². The zero-order chi connectivity index (χ0) is 25.0. The molecule has 3 heterocycles. The zero-order valence-corrected chi connectivity index (χ0v) is 20.0. The molecule has 6 rings (SSSR count). The fourth-order valence-corrected chi connectivity index (χ4v) is 6.82. The van der Waals surface area contributed by atoms with Crippen LogP contribution in [0.1, 0.15) is 52.7 Å². The van der Waals surface area contributed by atoms with E-state index >= 15 is 0 Å². The molecule has 1 spiro atoms. The number of benzene rings is 3. The van der Waals surface area contributed by atoms with E-state index in [1.807, 2.05) is 54.6 Å². The van der Waals surface area contributed by atoms with Gasteiger partial charge in [-0.2, -0.15) is 0 Å². The summed E-state index contributed by atoms with van der Waals surface area (Å²) in [6, 6.07) is 21.8. The standard InChI is InChI=1S/C29H27N3O4/c1-2-18-12-14-19(15-13-18)27(33)26-25(20-7-5-8-21(17-20)32(35)36)24-11-6-16-31(24)29(26)22-9-3-4-10-23(22)30-28(29)34/h3-5,7-10,12-15,17,24-26H,2,6,11,16H2,1H3,(H,30,34)/t24?,25?,26?,29-/m1/s1. The predicted molar refractivity (Wildman–Crippen MR) is 136 cm³/mol. The molecule has 3 aromatic rings. The number of non-ortho nitro benzene ring substituents is 1. The number of carbonyl (C=O) groups excluding carboxylic acids is 2. The van der Waals surface area contributed by atoms with Gasteiger partial charge in [-0.05, 0) is 43.0 Å². The summed E-state index contributed by atoms with van der Waals surface area (Å²) in [6.45, 7) is 2.76. The second-order valence-electron chi connectivity index (χ2n) is 9.94. The Morgan fingerprint density at radius 1 is 1.11 bits per heavy atom. The van der Waals surface area contributed by atoms with E-state index < -0.39 is 16.4 Å². The average Bonchev–Trinajstić information content (AvgIpc) is 3.57. The van der Waals surface area contributed by atoms with Gasteiger partial charge in [0.2, 0.25) is 5.91 Å². The number of rotatable bonds is 5. The summed E-state index contributed by atoms with van der Waals surface area (Å²) in [6.07, 6.45) is 2.59. The number of aryl methyl sites for hydroxylation is 1. The van der Waals surface area contributed by atoms with Gasteiger partial charge in [0.15, 0.2) is 5.78 Å². The van der Waals surface area contributed by atoms with Crippen LogP contribution in [0.2, 0.25) is 0 Å². The van der Waals surface area contributed by atoms with Crippen molar-refractivity contribution in [3.63, 3.8) is 0 Å². The molecule has 1 N–H and O–H groups in total. The van der Waals surface area contributed by atoms with Crippen LogP contribution in [0.5, 0.6) is 0 Å². The van der Waals surface area contributed by atoms with Gasteiger partial charge >= 0.3 is 0 Å². The van der Waals surface area contributed by atoms with Crippen molar-refractivity contribution < 1.29 is 14.5 Å². The largest absolute Gasteiger partial charge is 0.324 e. The number of Topliss-reactive ketones (excluding diaryl/α,β-unsaturated/α-hetero) is 1. The second kappa shape index (κ2) is 8.38. The molecule has 36 heavy (non-hydrogen) atoms. The third-order valence-corrected chi connectivity index (χ3v) is 8.30. The number of hydrogen-bond acceptors (Lipinski definition) is 5. The SMILES string of the molecule is CCc1ccc(C(=O)C2C(c3cccc([N+](=O)[O-])c3)C3CCCN3[C@@]23C(=O)Nc2ccccc23)cc1. The number of hydrogen-bond donors (Lipinski definition) is 1. The lowest BCUT2D eigenvalue weighted by Crippen LogP contribution is -2.52. The first kappa shape index (κ1) is 22.6. The molecular formula is C29H27N3O4. The summed E-state index contributed by atoms with van der Waals surface area (Å²) in [7, 11) is 0. The van der Waals surface area contributed by atoms with Crippen LogP contribution in [0, 0.1) is 16.0 Å². The summed E-state index contributed by atoms with van der Waals surface area (Å²) in [4.78, 5) is 41.9. The van der Waals surface area contributed by atoms with Crippen molar-refractivity contribution in [2.24, 2.45) is 5.92 Å². The maximum Gasteiger partial charge on any atom is 0.269 e. The Kier molecular flexibility index (Phi) is 5.26. The van der Waals surface area contributed by atoms with Crippen molar-refractivity contribution in [3.05, 3.63) is 105 Å². The van der Waals surface area contributed by atoms with E-state index in [2.05, 4.69) is 17.1 Å². The molecule has 3 unspecified atom stereocenters. The summed E-state index contributed by atoms with van der Waals surface area (Å²) in [5, 5.41) is 14.7. The molecule has 0 bridgehead atoms. The monoisotopic (exact) mass is 481 g/mol. The van der Waals surface area contributed by atoms with Crippen LogP contribution in [0.3, 0.4) is 0 Å². The van der Waals surface area contributed by atoms with E-state index in [4.69, 9.17) is 0 Å². The zero-order valence-electron chi connectivity index (χ0n) is 20.0. The van der Waals surface area contributed by atoms with Gasteiger partial charge in [-0.25, -0.2) is 0 Å². The molecule has 0 saturated carbocycles. The first-order valence-corrected chi connectivity index (χ1v) is 12.5. The van der Waals surface area contributed by atoms with Crippen molar-refractivity contribution in [3.8, 4) is 0 Å². The van der Waals surface area contributed by atoms with Crippen molar-refractivity contribution >= 4 is 23.1 Å². The Hall–Kier alpha value is -3.84. The first-order chi connectivity index (χ1) is 17.5. The highest BCUT2D eigenvalue weighted by Gasteiger charge is 2.69. The molecule has 4 atom stereocenters. The highest BCUT2D eigenvalue weighted by molar-refractivity contribution is 6.12. The Balaban J connectivity index is 1.59. The number of para-hydroxylation sites is 1. The van der Waals surface area contributed by atoms with E-state index in [0.717, 1.165) is 41.6 Å². The molecule has 0 aliphatic carbocycles. The van der Waals surface area contributed by atoms with Gasteiger partial charge in [-0.15, -0.1) is 0 Å². The highest BCUT2D eigenvalue weighted by atomic mass is 16.6. The molecule has 1 amide bonds. The molecular weight excluding hydrogens is 454 g/mol. The van der Waals surface area contributed by atoms with Crippen LogP contribution in [0.4, 0.5) is 11.4 Å². The number of nitrogens with one attached hydrogen (secondary N) is 1. The van der Waals surface area contributed by atoms with Crippen molar-refractivity contribution in [1.29, 1.82) is 0 Å². The Morgan fingerprint density at radius 2 is 1.89 bits per heavy atom. The van der Waals surface area contributed by atoms with Gasteiger partial charge in [0.05, 0.1) is 10.8 Å². The minimum Gasteiger partial charge on any atom is -0.324 e. The van der Waals surface area contributed by atoms with E-state index in [1.54, 1.807) is 12.1 Å². The van der Waals surface area contributed by atoms with Gasteiger partial charge < -0.3 is 5.32 Å².